The van der Waals surface area contributed by atoms with E-state index in [9.17, 15) is 9.18 Å². The first-order valence-electron chi connectivity index (χ1n) is 9.41. The third-order valence-corrected chi connectivity index (χ3v) is 5.28. The van der Waals surface area contributed by atoms with Gasteiger partial charge in [0.15, 0.2) is 0 Å². The number of hydrogen-bond acceptors (Lipinski definition) is 4. The molecular weight excluding hydrogens is 367 g/mol. The van der Waals surface area contributed by atoms with Crippen LogP contribution in [-0.4, -0.2) is 32.3 Å². The van der Waals surface area contributed by atoms with E-state index in [4.69, 9.17) is 0 Å². The molecule has 5 nitrogen and oxygen atoms in total. The molecule has 2 aromatic carbocycles. The molecule has 0 fully saturated rings. The van der Waals surface area contributed by atoms with Crippen LogP contribution in [0.4, 0.5) is 4.39 Å². The SMILES string of the molecule is O=C(c1cc(-c2cncnc2)nc2ccc(F)cc12)N1CCc2ccccc2C1. The fourth-order valence-electron chi connectivity index (χ4n) is 3.79. The number of aromatic nitrogens is 3. The molecule has 0 radical (unpaired) electrons. The molecule has 0 unspecified atom stereocenters. The van der Waals surface area contributed by atoms with E-state index in [1.165, 1.54) is 24.0 Å². The standard InChI is InChI=1S/C23H17FN4O/c24-18-5-6-21-19(9-18)20(10-22(27-21)17-11-25-14-26-12-17)23(29)28-8-7-15-3-1-2-4-16(15)13-28/h1-6,9-12,14H,7-8,13H2. The molecule has 6 heteroatoms. The maximum absolute atomic E-state index is 14.0. The lowest BCUT2D eigenvalue weighted by Crippen LogP contribution is -2.36. The number of benzene rings is 2. The zero-order valence-corrected chi connectivity index (χ0v) is 15.5. The van der Waals surface area contributed by atoms with Crippen LogP contribution in [0.5, 0.6) is 0 Å². The Kier molecular flexibility index (Phi) is 4.24. The first-order chi connectivity index (χ1) is 14.2. The van der Waals surface area contributed by atoms with E-state index >= 15 is 0 Å². The Hall–Kier alpha value is -3.67. The third-order valence-electron chi connectivity index (χ3n) is 5.28. The highest BCUT2D eigenvalue weighted by Gasteiger charge is 2.24. The van der Waals surface area contributed by atoms with Crippen molar-refractivity contribution in [1.29, 1.82) is 0 Å². The normalized spacial score (nSPS) is 13.3. The van der Waals surface area contributed by atoms with Crippen molar-refractivity contribution in [2.24, 2.45) is 0 Å². The highest BCUT2D eigenvalue weighted by atomic mass is 19.1. The maximum atomic E-state index is 14.0. The molecule has 4 aromatic rings. The Balaban J connectivity index is 1.61. The van der Waals surface area contributed by atoms with Gasteiger partial charge in [-0.2, -0.15) is 0 Å². The summed E-state index contributed by atoms with van der Waals surface area (Å²) >= 11 is 0. The number of nitrogens with zero attached hydrogens (tertiary/aromatic N) is 4. The first kappa shape index (κ1) is 17.4. The average Bonchev–Trinajstić information content (AvgIpc) is 2.78. The Morgan fingerprint density at radius 1 is 1.00 bits per heavy atom. The summed E-state index contributed by atoms with van der Waals surface area (Å²) in [6, 6.07) is 14.2. The smallest absolute Gasteiger partial charge is 0.254 e. The number of amides is 1. The number of carbonyl (C=O) groups excluding carboxylic acids is 1. The van der Waals surface area contributed by atoms with Crippen LogP contribution in [0.15, 0.2) is 67.3 Å². The Morgan fingerprint density at radius 2 is 1.79 bits per heavy atom. The molecular formula is C23H17FN4O. The fraction of sp³-hybridized carbons (Fsp3) is 0.130. The summed E-state index contributed by atoms with van der Waals surface area (Å²) in [6.07, 6.45) is 5.54. The van der Waals surface area contributed by atoms with Crippen LogP contribution >= 0.6 is 0 Å². The molecule has 142 valence electrons. The molecule has 3 heterocycles. The quantitative estimate of drug-likeness (QED) is 0.524. The minimum atomic E-state index is -0.395. The highest BCUT2D eigenvalue weighted by molar-refractivity contribution is 6.07. The van der Waals surface area contributed by atoms with Crippen molar-refractivity contribution in [1.82, 2.24) is 19.9 Å². The minimum Gasteiger partial charge on any atom is -0.334 e. The number of hydrogen-bond donors (Lipinski definition) is 0. The van der Waals surface area contributed by atoms with Crippen LogP contribution in [0.2, 0.25) is 0 Å². The predicted molar refractivity (Wildman–Crippen MR) is 108 cm³/mol. The molecule has 1 aliphatic heterocycles. The van der Waals surface area contributed by atoms with E-state index in [-0.39, 0.29) is 5.91 Å². The van der Waals surface area contributed by atoms with Gasteiger partial charge in [0, 0.05) is 36.4 Å². The van der Waals surface area contributed by atoms with Crippen LogP contribution in [0, 0.1) is 5.82 Å². The van der Waals surface area contributed by atoms with E-state index in [0.717, 1.165) is 12.0 Å². The third kappa shape index (κ3) is 3.23. The molecule has 0 aliphatic carbocycles. The van der Waals surface area contributed by atoms with Gasteiger partial charge in [-0.15, -0.1) is 0 Å². The summed E-state index contributed by atoms with van der Waals surface area (Å²) in [4.78, 5) is 27.9. The van der Waals surface area contributed by atoms with E-state index in [1.807, 2.05) is 23.1 Å². The summed E-state index contributed by atoms with van der Waals surface area (Å²) in [5, 5.41) is 0.509. The van der Waals surface area contributed by atoms with Gasteiger partial charge in [-0.05, 0) is 41.8 Å². The Labute approximate surface area is 166 Å². The van der Waals surface area contributed by atoms with Gasteiger partial charge in [0.1, 0.15) is 12.1 Å². The molecule has 0 saturated heterocycles. The van der Waals surface area contributed by atoms with Crippen LogP contribution in [-0.2, 0) is 13.0 Å². The molecule has 2 aromatic heterocycles. The second-order valence-electron chi connectivity index (χ2n) is 7.09. The highest BCUT2D eigenvalue weighted by Crippen LogP contribution is 2.28. The second kappa shape index (κ2) is 7.05. The van der Waals surface area contributed by atoms with Crippen LogP contribution < -0.4 is 0 Å². The topological polar surface area (TPSA) is 59.0 Å². The summed E-state index contributed by atoms with van der Waals surface area (Å²) in [6.45, 7) is 1.16. The first-order valence-corrected chi connectivity index (χ1v) is 9.41. The molecule has 0 saturated carbocycles. The van der Waals surface area contributed by atoms with Gasteiger partial charge in [-0.1, -0.05) is 24.3 Å². The number of carbonyl (C=O) groups is 1. The summed E-state index contributed by atoms with van der Waals surface area (Å²) in [5.41, 5.74) is 4.71. The largest absolute Gasteiger partial charge is 0.334 e. The van der Waals surface area contributed by atoms with Gasteiger partial charge in [-0.25, -0.2) is 19.3 Å². The number of halogens is 1. The van der Waals surface area contributed by atoms with Crippen molar-refractivity contribution in [2.75, 3.05) is 6.54 Å². The molecule has 0 N–H and O–H groups in total. The van der Waals surface area contributed by atoms with Crippen molar-refractivity contribution in [3.63, 3.8) is 0 Å². The maximum Gasteiger partial charge on any atom is 0.254 e. The van der Waals surface area contributed by atoms with Crippen LogP contribution in [0.3, 0.4) is 0 Å². The molecule has 29 heavy (non-hydrogen) atoms. The lowest BCUT2D eigenvalue weighted by Gasteiger charge is -2.29. The molecule has 0 spiro atoms. The average molecular weight is 384 g/mol. The second-order valence-corrected chi connectivity index (χ2v) is 7.09. The summed E-state index contributed by atoms with van der Waals surface area (Å²) in [7, 11) is 0. The lowest BCUT2D eigenvalue weighted by molar-refractivity contribution is 0.0736. The van der Waals surface area contributed by atoms with E-state index in [2.05, 4.69) is 21.0 Å². The molecule has 5 rings (SSSR count). The Morgan fingerprint density at radius 3 is 2.62 bits per heavy atom. The van der Waals surface area contributed by atoms with Crippen LogP contribution in [0.1, 0.15) is 21.5 Å². The number of pyridine rings is 1. The summed E-state index contributed by atoms with van der Waals surface area (Å²) in [5.74, 6) is -0.524. The lowest BCUT2D eigenvalue weighted by atomic mass is 9.98. The van der Waals surface area contributed by atoms with Crippen molar-refractivity contribution < 1.29 is 9.18 Å². The van der Waals surface area contributed by atoms with Gasteiger partial charge >= 0.3 is 0 Å². The predicted octanol–water partition coefficient (Wildman–Crippen LogP) is 4.03. The van der Waals surface area contributed by atoms with E-state index < -0.39 is 5.82 Å². The monoisotopic (exact) mass is 384 g/mol. The van der Waals surface area contributed by atoms with E-state index in [0.29, 0.717) is 40.8 Å². The van der Waals surface area contributed by atoms with Crippen molar-refractivity contribution >= 4 is 16.8 Å². The van der Waals surface area contributed by atoms with Gasteiger partial charge in [0.25, 0.3) is 5.91 Å². The van der Waals surface area contributed by atoms with Gasteiger partial charge in [0.05, 0.1) is 16.8 Å². The Bertz CT molecular complexity index is 1230. The van der Waals surface area contributed by atoms with Gasteiger partial charge in [-0.3, -0.25) is 4.79 Å². The minimum absolute atomic E-state index is 0.129. The van der Waals surface area contributed by atoms with E-state index in [1.54, 1.807) is 24.5 Å². The summed E-state index contributed by atoms with van der Waals surface area (Å²) < 4.78 is 14.0. The zero-order valence-electron chi connectivity index (χ0n) is 15.5. The van der Waals surface area contributed by atoms with Gasteiger partial charge < -0.3 is 4.90 Å². The zero-order chi connectivity index (χ0) is 19.8. The number of fused-ring (bicyclic) bond motifs is 2. The molecule has 1 aliphatic rings. The van der Waals surface area contributed by atoms with Crippen molar-refractivity contribution in [2.45, 2.75) is 13.0 Å². The van der Waals surface area contributed by atoms with Gasteiger partial charge in [0.2, 0.25) is 0 Å². The van der Waals surface area contributed by atoms with Crippen molar-refractivity contribution in [3.05, 3.63) is 89.8 Å². The molecule has 0 bridgehead atoms. The fourth-order valence-corrected chi connectivity index (χ4v) is 3.79. The van der Waals surface area contributed by atoms with Crippen molar-refractivity contribution in [3.8, 4) is 11.3 Å². The molecule has 0 atom stereocenters. The van der Waals surface area contributed by atoms with Crippen LogP contribution in [0.25, 0.3) is 22.2 Å². The number of rotatable bonds is 2. The molecule has 1 amide bonds.